The molecule has 0 aromatic carbocycles. The monoisotopic (exact) mass is 536 g/mol. The molecule has 3 heterocycles. The summed E-state index contributed by atoms with van der Waals surface area (Å²) in [5, 5.41) is 28.6. The standard InChI is InChI=1S/C21H25ClN8O7/c1-9(31)25-21-28-17-15(19(35)29-21)30(2)10(8-24-17)7-23-13-5-3-11(16(22)27-13)18(34)26-12(20(36)37)4-6-14(32)33/h3,5,10,12H,4,6-8H2,1-2H3,(H,23,27)(H,26,34)(H,32,33)(H,36,37)(H3,24,25,28,29,31,35)/t10?,12-/m0/s1. The first-order chi connectivity index (χ1) is 17.5. The van der Waals surface area contributed by atoms with Crippen LogP contribution in [0.3, 0.4) is 0 Å². The van der Waals surface area contributed by atoms with Crippen LogP contribution in [0.2, 0.25) is 5.15 Å². The quantitative estimate of drug-likeness (QED) is 0.202. The van der Waals surface area contributed by atoms with Gasteiger partial charge in [-0.2, -0.15) is 4.98 Å². The van der Waals surface area contributed by atoms with Gasteiger partial charge in [0.05, 0.1) is 11.6 Å². The van der Waals surface area contributed by atoms with E-state index < -0.39 is 35.9 Å². The van der Waals surface area contributed by atoms with E-state index in [0.29, 0.717) is 30.4 Å². The molecule has 0 bridgehead atoms. The SMILES string of the molecule is CC(=O)Nc1nc2c(c(=O)[nH]1)N(C)C(CNc1ccc(C(=O)N[C@@H](CCC(=O)O)C(=O)O)c(Cl)n1)CN2. The van der Waals surface area contributed by atoms with Gasteiger partial charge in [-0.3, -0.25) is 29.5 Å². The lowest BCUT2D eigenvalue weighted by Crippen LogP contribution is -2.48. The van der Waals surface area contributed by atoms with Gasteiger partial charge in [-0.05, 0) is 18.6 Å². The van der Waals surface area contributed by atoms with Crippen molar-refractivity contribution in [3.8, 4) is 0 Å². The number of nitrogens with one attached hydrogen (secondary N) is 5. The summed E-state index contributed by atoms with van der Waals surface area (Å²) in [4.78, 5) is 70.9. The zero-order valence-electron chi connectivity index (χ0n) is 19.8. The van der Waals surface area contributed by atoms with Gasteiger partial charge in [-0.15, -0.1) is 0 Å². The summed E-state index contributed by atoms with van der Waals surface area (Å²) in [6, 6.07) is 1.23. The predicted molar refractivity (Wildman–Crippen MR) is 133 cm³/mol. The van der Waals surface area contributed by atoms with Crippen molar-refractivity contribution in [3.05, 3.63) is 33.2 Å². The van der Waals surface area contributed by atoms with Gasteiger partial charge in [0, 0.05) is 33.5 Å². The van der Waals surface area contributed by atoms with E-state index in [2.05, 4.69) is 36.2 Å². The molecule has 1 aliphatic rings. The number of carboxylic acids is 2. The third kappa shape index (κ3) is 6.84. The van der Waals surface area contributed by atoms with Gasteiger partial charge in [-0.25, -0.2) is 9.78 Å². The number of fused-ring (bicyclic) bond motifs is 1. The topological polar surface area (TPSA) is 219 Å². The highest BCUT2D eigenvalue weighted by molar-refractivity contribution is 6.32. The maximum Gasteiger partial charge on any atom is 0.326 e. The lowest BCUT2D eigenvalue weighted by atomic mass is 10.1. The lowest BCUT2D eigenvalue weighted by molar-refractivity contribution is -0.140. The highest BCUT2D eigenvalue weighted by atomic mass is 35.5. The fourth-order valence-corrected chi connectivity index (χ4v) is 3.81. The lowest BCUT2D eigenvalue weighted by Gasteiger charge is -2.35. The van der Waals surface area contributed by atoms with E-state index in [1.165, 1.54) is 19.1 Å². The fraction of sp³-hybridized carbons (Fsp3) is 0.381. The van der Waals surface area contributed by atoms with Crippen LogP contribution in [0, 0.1) is 0 Å². The molecule has 1 unspecified atom stereocenters. The zero-order chi connectivity index (χ0) is 27.3. The minimum absolute atomic E-state index is 0.0354. The number of carboxylic acid groups (broad SMARTS) is 2. The van der Waals surface area contributed by atoms with E-state index in [-0.39, 0.29) is 35.0 Å². The Kier molecular flexibility index (Phi) is 8.49. The van der Waals surface area contributed by atoms with Gasteiger partial charge in [0.2, 0.25) is 11.9 Å². The second-order valence-corrected chi connectivity index (χ2v) is 8.51. The molecule has 0 radical (unpaired) electrons. The Morgan fingerprint density at radius 3 is 2.59 bits per heavy atom. The maximum absolute atomic E-state index is 12.6. The van der Waals surface area contributed by atoms with Crippen LogP contribution in [0.15, 0.2) is 16.9 Å². The molecule has 2 aromatic rings. The summed E-state index contributed by atoms with van der Waals surface area (Å²) >= 11 is 6.14. The molecule has 7 N–H and O–H groups in total. The predicted octanol–water partition coefficient (Wildman–Crippen LogP) is 0.167. The number of halogens is 1. The number of carbonyl (C=O) groups excluding carboxylic acids is 2. The van der Waals surface area contributed by atoms with Crippen LogP contribution in [0.5, 0.6) is 0 Å². The normalized spacial score (nSPS) is 15.1. The highest BCUT2D eigenvalue weighted by Gasteiger charge is 2.28. The summed E-state index contributed by atoms with van der Waals surface area (Å²) in [7, 11) is 1.72. The Morgan fingerprint density at radius 2 is 1.97 bits per heavy atom. The molecule has 0 saturated heterocycles. The molecule has 0 saturated carbocycles. The molecular formula is C21H25ClN8O7. The third-order valence-electron chi connectivity index (χ3n) is 5.46. The van der Waals surface area contributed by atoms with Gasteiger partial charge in [0.15, 0.2) is 5.82 Å². The van der Waals surface area contributed by atoms with Crippen molar-refractivity contribution in [2.45, 2.75) is 31.8 Å². The summed E-state index contributed by atoms with van der Waals surface area (Å²) < 4.78 is 0. The first-order valence-corrected chi connectivity index (χ1v) is 11.4. The van der Waals surface area contributed by atoms with Crippen molar-refractivity contribution < 1.29 is 29.4 Å². The second-order valence-electron chi connectivity index (χ2n) is 8.15. The number of aromatic amines is 1. The number of aromatic nitrogens is 3. The number of anilines is 4. The minimum Gasteiger partial charge on any atom is -0.481 e. The van der Waals surface area contributed by atoms with Crippen LogP contribution in [0.1, 0.15) is 30.1 Å². The van der Waals surface area contributed by atoms with Crippen LogP contribution in [0.4, 0.5) is 23.3 Å². The number of amides is 2. The average Bonchev–Trinajstić information content (AvgIpc) is 2.80. The molecule has 2 amide bonds. The van der Waals surface area contributed by atoms with Crippen molar-refractivity contribution in [2.75, 3.05) is 41.0 Å². The Labute approximate surface area is 214 Å². The van der Waals surface area contributed by atoms with Crippen molar-refractivity contribution in [1.82, 2.24) is 20.3 Å². The highest BCUT2D eigenvalue weighted by Crippen LogP contribution is 2.25. The number of likely N-dealkylation sites (N-methyl/N-ethyl adjacent to an activating group) is 1. The maximum atomic E-state index is 12.6. The summed E-state index contributed by atoms with van der Waals surface area (Å²) in [5.41, 5.74) is -0.221. The van der Waals surface area contributed by atoms with Crippen molar-refractivity contribution in [2.24, 2.45) is 0 Å². The van der Waals surface area contributed by atoms with Gasteiger partial charge in [0.25, 0.3) is 11.5 Å². The molecule has 0 spiro atoms. The van der Waals surface area contributed by atoms with E-state index in [9.17, 15) is 29.1 Å². The number of hydrogen-bond donors (Lipinski definition) is 7. The van der Waals surface area contributed by atoms with Gasteiger partial charge >= 0.3 is 11.9 Å². The smallest absolute Gasteiger partial charge is 0.326 e. The van der Waals surface area contributed by atoms with Gasteiger partial charge in [0.1, 0.15) is 22.7 Å². The van der Waals surface area contributed by atoms with E-state index in [1.54, 1.807) is 11.9 Å². The molecule has 16 heteroatoms. The molecule has 15 nitrogen and oxygen atoms in total. The first kappa shape index (κ1) is 27.2. The fourth-order valence-electron chi connectivity index (χ4n) is 3.57. The number of aliphatic carboxylic acids is 2. The van der Waals surface area contributed by atoms with Crippen LogP contribution >= 0.6 is 11.6 Å². The molecule has 3 rings (SSSR count). The average molecular weight is 537 g/mol. The molecule has 0 fully saturated rings. The number of H-pyrrole nitrogens is 1. The third-order valence-corrected chi connectivity index (χ3v) is 5.75. The van der Waals surface area contributed by atoms with Crippen molar-refractivity contribution >= 4 is 58.6 Å². The summed E-state index contributed by atoms with van der Waals surface area (Å²) in [5.74, 6) is -3.05. The molecule has 198 valence electrons. The van der Waals surface area contributed by atoms with Gasteiger partial charge < -0.3 is 31.1 Å². The minimum atomic E-state index is -1.40. The molecular weight excluding hydrogens is 512 g/mol. The van der Waals surface area contributed by atoms with Crippen LogP contribution < -0.4 is 31.7 Å². The van der Waals surface area contributed by atoms with Crippen LogP contribution in [0.25, 0.3) is 0 Å². The molecule has 2 aromatic heterocycles. The number of pyridine rings is 1. The Balaban J connectivity index is 1.64. The van der Waals surface area contributed by atoms with E-state index in [1.807, 2.05) is 0 Å². The second kappa shape index (κ2) is 11.6. The van der Waals surface area contributed by atoms with Crippen LogP contribution in [-0.2, 0) is 14.4 Å². The largest absolute Gasteiger partial charge is 0.481 e. The van der Waals surface area contributed by atoms with E-state index >= 15 is 0 Å². The molecule has 1 aliphatic heterocycles. The Bertz CT molecular complexity index is 1280. The zero-order valence-corrected chi connectivity index (χ0v) is 20.5. The number of nitrogens with zero attached hydrogens (tertiary/aromatic N) is 3. The summed E-state index contributed by atoms with van der Waals surface area (Å²) in [6.07, 6.45) is -0.723. The van der Waals surface area contributed by atoms with Gasteiger partial charge in [-0.1, -0.05) is 11.6 Å². The number of hydrogen-bond acceptors (Lipinski definition) is 10. The molecule has 37 heavy (non-hydrogen) atoms. The Hall–Kier alpha value is -4.40. The number of rotatable bonds is 10. The van der Waals surface area contributed by atoms with Crippen molar-refractivity contribution in [1.29, 1.82) is 0 Å². The first-order valence-electron chi connectivity index (χ1n) is 11.0. The Morgan fingerprint density at radius 1 is 1.24 bits per heavy atom. The number of carbonyl (C=O) groups is 4. The molecule has 2 atom stereocenters. The summed E-state index contributed by atoms with van der Waals surface area (Å²) in [6.45, 7) is 2.03. The van der Waals surface area contributed by atoms with E-state index in [4.69, 9.17) is 16.7 Å². The van der Waals surface area contributed by atoms with E-state index in [0.717, 1.165) is 0 Å². The van der Waals surface area contributed by atoms with Crippen molar-refractivity contribution in [3.63, 3.8) is 0 Å². The molecule has 0 aliphatic carbocycles. The van der Waals surface area contributed by atoms with Crippen LogP contribution in [-0.4, -0.2) is 81.1 Å².